The molecule has 1 saturated heterocycles. The van der Waals surface area contributed by atoms with Crippen LogP contribution in [-0.4, -0.2) is 24.2 Å². The van der Waals surface area contributed by atoms with Crippen LogP contribution in [0.4, 0.5) is 0 Å². The van der Waals surface area contributed by atoms with Gasteiger partial charge in [0.25, 0.3) is 0 Å². The first-order valence-electron chi connectivity index (χ1n) is 5.26. The SMILES string of the molecule is Cc1nc(OC2CCCNC2)ccc1Br. The normalized spacial score (nSPS) is 21.3. The lowest BCUT2D eigenvalue weighted by Gasteiger charge is -2.23. The van der Waals surface area contributed by atoms with Crippen molar-refractivity contribution in [2.45, 2.75) is 25.9 Å². The fourth-order valence-electron chi connectivity index (χ4n) is 1.68. The van der Waals surface area contributed by atoms with Gasteiger partial charge in [0, 0.05) is 17.1 Å². The van der Waals surface area contributed by atoms with Crippen molar-refractivity contribution < 1.29 is 4.74 Å². The van der Waals surface area contributed by atoms with Gasteiger partial charge in [0.1, 0.15) is 6.10 Å². The Balaban J connectivity index is 2.00. The Hall–Kier alpha value is -0.610. The minimum atomic E-state index is 0.270. The molecule has 1 fully saturated rings. The number of nitrogens with zero attached hydrogens (tertiary/aromatic N) is 1. The van der Waals surface area contributed by atoms with Crippen molar-refractivity contribution in [3.63, 3.8) is 0 Å². The van der Waals surface area contributed by atoms with Crippen LogP contribution in [0.1, 0.15) is 18.5 Å². The van der Waals surface area contributed by atoms with Gasteiger partial charge in [-0.2, -0.15) is 0 Å². The summed E-state index contributed by atoms with van der Waals surface area (Å²) >= 11 is 3.42. The molecule has 0 radical (unpaired) electrons. The maximum absolute atomic E-state index is 5.80. The van der Waals surface area contributed by atoms with E-state index in [0.29, 0.717) is 0 Å². The maximum Gasteiger partial charge on any atom is 0.213 e. The number of halogens is 1. The molecule has 1 aromatic heterocycles. The second kappa shape index (κ2) is 4.94. The zero-order valence-electron chi connectivity index (χ0n) is 8.79. The van der Waals surface area contributed by atoms with E-state index >= 15 is 0 Å². The average molecular weight is 271 g/mol. The lowest BCUT2D eigenvalue weighted by Crippen LogP contribution is -2.37. The second-order valence-electron chi connectivity index (χ2n) is 3.80. The molecular formula is C11H15BrN2O. The number of aryl methyl sites for hydroxylation is 1. The lowest BCUT2D eigenvalue weighted by atomic mass is 10.1. The first kappa shape index (κ1) is 10.9. The minimum Gasteiger partial charge on any atom is -0.473 e. The van der Waals surface area contributed by atoms with Gasteiger partial charge in [0.2, 0.25) is 5.88 Å². The molecule has 15 heavy (non-hydrogen) atoms. The number of rotatable bonds is 2. The highest BCUT2D eigenvalue weighted by Gasteiger charge is 2.14. The number of pyridine rings is 1. The van der Waals surface area contributed by atoms with E-state index in [1.54, 1.807) is 0 Å². The highest BCUT2D eigenvalue weighted by molar-refractivity contribution is 9.10. The first-order chi connectivity index (χ1) is 7.25. The molecule has 0 aromatic carbocycles. The zero-order valence-corrected chi connectivity index (χ0v) is 10.4. The zero-order chi connectivity index (χ0) is 10.7. The van der Waals surface area contributed by atoms with Crippen LogP contribution in [-0.2, 0) is 0 Å². The number of aromatic nitrogens is 1. The summed E-state index contributed by atoms with van der Waals surface area (Å²) in [5.74, 6) is 0.726. The van der Waals surface area contributed by atoms with Crippen LogP contribution in [0.15, 0.2) is 16.6 Å². The van der Waals surface area contributed by atoms with Crippen LogP contribution in [0.2, 0.25) is 0 Å². The lowest BCUT2D eigenvalue weighted by molar-refractivity contribution is 0.160. The molecule has 0 bridgehead atoms. The van der Waals surface area contributed by atoms with E-state index in [-0.39, 0.29) is 6.10 Å². The van der Waals surface area contributed by atoms with Crippen molar-refractivity contribution in [3.05, 3.63) is 22.3 Å². The summed E-state index contributed by atoms with van der Waals surface area (Å²) in [6.07, 6.45) is 2.57. The predicted octanol–water partition coefficient (Wildman–Crippen LogP) is 2.28. The van der Waals surface area contributed by atoms with Gasteiger partial charge in [-0.3, -0.25) is 0 Å². The molecule has 2 heterocycles. The van der Waals surface area contributed by atoms with E-state index in [4.69, 9.17) is 4.74 Å². The third-order valence-corrected chi connectivity index (χ3v) is 3.37. The number of hydrogen-bond donors (Lipinski definition) is 1. The van der Waals surface area contributed by atoms with Crippen LogP contribution >= 0.6 is 15.9 Å². The number of ether oxygens (including phenoxy) is 1. The van der Waals surface area contributed by atoms with Crippen LogP contribution in [0.5, 0.6) is 5.88 Å². The molecule has 1 N–H and O–H groups in total. The van der Waals surface area contributed by atoms with Gasteiger partial charge in [-0.15, -0.1) is 0 Å². The Bertz CT molecular complexity index is 337. The molecule has 3 nitrogen and oxygen atoms in total. The van der Waals surface area contributed by atoms with Crippen molar-refractivity contribution in [3.8, 4) is 5.88 Å². The summed E-state index contributed by atoms with van der Waals surface area (Å²) in [6, 6.07) is 3.89. The molecule has 2 rings (SSSR count). The Morgan fingerprint density at radius 1 is 1.53 bits per heavy atom. The maximum atomic E-state index is 5.80. The summed E-state index contributed by atoms with van der Waals surface area (Å²) in [5.41, 5.74) is 0.969. The van der Waals surface area contributed by atoms with E-state index in [0.717, 1.165) is 35.6 Å². The molecular weight excluding hydrogens is 256 g/mol. The summed E-state index contributed by atoms with van der Waals surface area (Å²) in [5, 5.41) is 3.32. The van der Waals surface area contributed by atoms with E-state index in [2.05, 4.69) is 26.2 Å². The van der Waals surface area contributed by atoms with Crippen molar-refractivity contribution in [1.82, 2.24) is 10.3 Å². The molecule has 0 spiro atoms. The molecule has 1 aliphatic rings. The van der Waals surface area contributed by atoms with E-state index in [1.165, 1.54) is 6.42 Å². The molecule has 0 aliphatic carbocycles. The summed E-state index contributed by atoms with van der Waals surface area (Å²) in [7, 11) is 0. The topological polar surface area (TPSA) is 34.1 Å². The molecule has 4 heteroatoms. The first-order valence-corrected chi connectivity index (χ1v) is 6.05. The van der Waals surface area contributed by atoms with Gasteiger partial charge in [0.05, 0.1) is 5.69 Å². The molecule has 1 unspecified atom stereocenters. The summed E-state index contributed by atoms with van der Waals surface area (Å²) in [4.78, 5) is 4.37. The predicted molar refractivity (Wildman–Crippen MR) is 63.2 cm³/mol. The monoisotopic (exact) mass is 270 g/mol. The Kier molecular flexibility index (Phi) is 3.59. The van der Waals surface area contributed by atoms with Gasteiger partial charge < -0.3 is 10.1 Å². The number of hydrogen-bond acceptors (Lipinski definition) is 3. The van der Waals surface area contributed by atoms with Gasteiger partial charge in [-0.25, -0.2) is 4.98 Å². The fraction of sp³-hybridized carbons (Fsp3) is 0.545. The van der Waals surface area contributed by atoms with E-state index in [9.17, 15) is 0 Å². The minimum absolute atomic E-state index is 0.270. The third kappa shape index (κ3) is 2.92. The second-order valence-corrected chi connectivity index (χ2v) is 4.66. The van der Waals surface area contributed by atoms with Gasteiger partial charge in [0.15, 0.2) is 0 Å². The van der Waals surface area contributed by atoms with Crippen LogP contribution in [0.3, 0.4) is 0 Å². The highest BCUT2D eigenvalue weighted by Crippen LogP contribution is 2.19. The van der Waals surface area contributed by atoms with Gasteiger partial charge >= 0.3 is 0 Å². The van der Waals surface area contributed by atoms with Crippen molar-refractivity contribution >= 4 is 15.9 Å². The van der Waals surface area contributed by atoms with Crippen molar-refractivity contribution in [2.75, 3.05) is 13.1 Å². The smallest absolute Gasteiger partial charge is 0.213 e. The molecule has 1 aromatic rings. The summed E-state index contributed by atoms with van der Waals surface area (Å²) in [6.45, 7) is 4.00. The summed E-state index contributed by atoms with van der Waals surface area (Å²) < 4.78 is 6.82. The Morgan fingerprint density at radius 3 is 3.07 bits per heavy atom. The quantitative estimate of drug-likeness (QED) is 0.896. The standard InChI is InChI=1S/C11H15BrN2O/c1-8-10(12)4-5-11(14-8)15-9-3-2-6-13-7-9/h4-5,9,13H,2-3,6-7H2,1H3. The molecule has 1 aliphatic heterocycles. The Morgan fingerprint density at radius 2 is 2.40 bits per heavy atom. The molecule has 0 amide bonds. The number of nitrogens with one attached hydrogen (secondary N) is 1. The fourth-order valence-corrected chi connectivity index (χ4v) is 1.90. The van der Waals surface area contributed by atoms with Gasteiger partial charge in [-0.05, 0) is 48.3 Å². The highest BCUT2D eigenvalue weighted by atomic mass is 79.9. The van der Waals surface area contributed by atoms with Crippen molar-refractivity contribution in [1.29, 1.82) is 0 Å². The number of piperidine rings is 1. The van der Waals surface area contributed by atoms with Crippen LogP contribution < -0.4 is 10.1 Å². The third-order valence-electron chi connectivity index (χ3n) is 2.53. The molecule has 82 valence electrons. The average Bonchev–Trinajstić information content (AvgIpc) is 2.25. The Labute approximate surface area is 98.4 Å². The van der Waals surface area contributed by atoms with Crippen molar-refractivity contribution in [2.24, 2.45) is 0 Å². The van der Waals surface area contributed by atoms with Gasteiger partial charge in [-0.1, -0.05) is 0 Å². The van der Waals surface area contributed by atoms with E-state index < -0.39 is 0 Å². The largest absolute Gasteiger partial charge is 0.473 e. The van der Waals surface area contributed by atoms with Crippen LogP contribution in [0, 0.1) is 6.92 Å². The molecule has 1 atom stereocenters. The molecule has 0 saturated carbocycles. The van der Waals surface area contributed by atoms with Crippen LogP contribution in [0.25, 0.3) is 0 Å². The van der Waals surface area contributed by atoms with E-state index in [1.807, 2.05) is 19.1 Å².